The number of nitrogens with two attached hydrogens (primary N) is 1. The molecule has 6 nitrogen and oxygen atoms in total. The molecule has 3 N–H and O–H groups in total. The number of aromatic nitrogens is 2. The fraction of sp³-hybridized carbons (Fsp3) is 0.267. The standard InChI is InChI=1S/C15H14F2N4O2/c16-10-2-1-8(5-11(10)17)13-6-9(22)7-21(13)14-4-3-12(15(18)23)19-20-14/h1-5,9,13,22H,6-7H2,(H2,18,23)/t9-,13-/m1/s1. The molecule has 2 aromatic rings. The topological polar surface area (TPSA) is 92.3 Å². The first-order valence-electron chi connectivity index (χ1n) is 6.99. The van der Waals surface area contributed by atoms with Crippen LogP contribution in [0.3, 0.4) is 0 Å². The Kier molecular flexibility index (Phi) is 3.91. The zero-order chi connectivity index (χ0) is 16.6. The Morgan fingerprint density at radius 2 is 2.00 bits per heavy atom. The lowest BCUT2D eigenvalue weighted by atomic mass is 10.0. The molecule has 1 aliphatic rings. The highest BCUT2D eigenvalue weighted by Gasteiger charge is 2.33. The molecule has 1 aromatic heterocycles. The molecule has 2 heterocycles. The maximum absolute atomic E-state index is 13.5. The maximum atomic E-state index is 13.5. The molecular weight excluding hydrogens is 306 g/mol. The summed E-state index contributed by atoms with van der Waals surface area (Å²) >= 11 is 0. The number of benzene rings is 1. The Morgan fingerprint density at radius 1 is 1.22 bits per heavy atom. The molecule has 1 amide bonds. The molecule has 120 valence electrons. The Bertz CT molecular complexity index is 739. The number of β-amino-alcohol motifs (C(OH)–C–C–N with tert-alkyl or cyclic N) is 1. The Balaban J connectivity index is 1.92. The monoisotopic (exact) mass is 320 g/mol. The summed E-state index contributed by atoms with van der Waals surface area (Å²) in [5, 5.41) is 17.6. The van der Waals surface area contributed by atoms with E-state index in [1.807, 2.05) is 0 Å². The van der Waals surface area contributed by atoms with Crippen LogP contribution in [0.4, 0.5) is 14.6 Å². The zero-order valence-corrected chi connectivity index (χ0v) is 12.0. The third-order valence-corrected chi connectivity index (χ3v) is 3.80. The predicted octanol–water partition coefficient (Wildman–Crippen LogP) is 1.17. The molecule has 8 heteroatoms. The van der Waals surface area contributed by atoms with E-state index in [-0.39, 0.29) is 18.3 Å². The van der Waals surface area contributed by atoms with Crippen LogP contribution in [0.15, 0.2) is 30.3 Å². The highest BCUT2D eigenvalue weighted by atomic mass is 19.2. The molecule has 2 atom stereocenters. The molecule has 0 radical (unpaired) electrons. The zero-order valence-electron chi connectivity index (χ0n) is 12.0. The SMILES string of the molecule is NC(=O)c1ccc(N2C[C@H](O)C[C@@H]2c2ccc(F)c(F)c2)nn1. The largest absolute Gasteiger partial charge is 0.391 e. The van der Waals surface area contributed by atoms with Crippen molar-refractivity contribution in [3.63, 3.8) is 0 Å². The number of halogens is 2. The van der Waals surface area contributed by atoms with E-state index in [1.54, 1.807) is 11.0 Å². The normalized spacial score (nSPS) is 20.7. The highest BCUT2D eigenvalue weighted by Crippen LogP contribution is 2.35. The smallest absolute Gasteiger partial charge is 0.269 e. The van der Waals surface area contributed by atoms with Crippen molar-refractivity contribution in [1.82, 2.24) is 10.2 Å². The lowest BCUT2D eigenvalue weighted by Gasteiger charge is -2.25. The van der Waals surface area contributed by atoms with Crippen molar-refractivity contribution in [2.75, 3.05) is 11.4 Å². The number of carbonyl (C=O) groups is 1. The molecular formula is C15H14F2N4O2. The van der Waals surface area contributed by atoms with Crippen LogP contribution in [-0.4, -0.2) is 33.9 Å². The van der Waals surface area contributed by atoms with Gasteiger partial charge in [-0.25, -0.2) is 8.78 Å². The third kappa shape index (κ3) is 2.98. The number of nitrogens with zero attached hydrogens (tertiary/aromatic N) is 3. The van der Waals surface area contributed by atoms with Crippen molar-refractivity contribution in [1.29, 1.82) is 0 Å². The summed E-state index contributed by atoms with van der Waals surface area (Å²) in [6.45, 7) is 0.272. The maximum Gasteiger partial charge on any atom is 0.269 e. The van der Waals surface area contributed by atoms with Gasteiger partial charge in [0.1, 0.15) is 0 Å². The molecule has 1 aliphatic heterocycles. The molecule has 3 rings (SSSR count). The Labute approximate surface area is 130 Å². The number of amides is 1. The van der Waals surface area contributed by atoms with Crippen molar-refractivity contribution in [3.8, 4) is 0 Å². The van der Waals surface area contributed by atoms with Crippen LogP contribution in [0.5, 0.6) is 0 Å². The quantitative estimate of drug-likeness (QED) is 0.885. The molecule has 1 aromatic carbocycles. The second-order valence-electron chi connectivity index (χ2n) is 5.37. The fourth-order valence-corrected chi connectivity index (χ4v) is 2.71. The van der Waals surface area contributed by atoms with E-state index in [0.29, 0.717) is 17.8 Å². The van der Waals surface area contributed by atoms with Crippen LogP contribution in [0, 0.1) is 11.6 Å². The number of hydrogen-bond donors (Lipinski definition) is 2. The summed E-state index contributed by atoms with van der Waals surface area (Å²) in [4.78, 5) is 12.8. The lowest BCUT2D eigenvalue weighted by molar-refractivity contribution is 0.0994. The molecule has 1 fully saturated rings. The van der Waals surface area contributed by atoms with Crippen molar-refractivity contribution in [3.05, 3.63) is 53.2 Å². The molecule has 0 saturated carbocycles. The second-order valence-corrected chi connectivity index (χ2v) is 5.37. The van der Waals surface area contributed by atoms with Gasteiger partial charge >= 0.3 is 0 Å². The van der Waals surface area contributed by atoms with Gasteiger partial charge in [-0.05, 0) is 36.2 Å². The lowest BCUT2D eigenvalue weighted by Crippen LogP contribution is -2.26. The van der Waals surface area contributed by atoms with Gasteiger partial charge in [0, 0.05) is 6.54 Å². The Hall–Kier alpha value is -2.61. The van der Waals surface area contributed by atoms with E-state index >= 15 is 0 Å². The van der Waals surface area contributed by atoms with E-state index in [4.69, 9.17) is 5.73 Å². The van der Waals surface area contributed by atoms with Crippen molar-refractivity contribution >= 4 is 11.7 Å². The predicted molar refractivity (Wildman–Crippen MR) is 77.6 cm³/mol. The average Bonchev–Trinajstić information content (AvgIpc) is 2.92. The van der Waals surface area contributed by atoms with E-state index in [1.165, 1.54) is 12.1 Å². The number of rotatable bonds is 3. The van der Waals surface area contributed by atoms with Gasteiger partial charge in [0.05, 0.1) is 12.1 Å². The molecule has 0 unspecified atom stereocenters. The summed E-state index contributed by atoms with van der Waals surface area (Å²) < 4.78 is 26.6. The molecule has 0 aliphatic carbocycles. The van der Waals surface area contributed by atoms with E-state index in [9.17, 15) is 18.7 Å². The third-order valence-electron chi connectivity index (χ3n) is 3.80. The minimum atomic E-state index is -0.945. The van der Waals surface area contributed by atoms with Gasteiger partial charge in [0.2, 0.25) is 0 Å². The van der Waals surface area contributed by atoms with Crippen LogP contribution >= 0.6 is 0 Å². The Morgan fingerprint density at radius 3 is 2.61 bits per heavy atom. The number of aliphatic hydroxyl groups is 1. The van der Waals surface area contributed by atoms with Crippen LogP contribution in [-0.2, 0) is 0 Å². The first kappa shape index (κ1) is 15.3. The van der Waals surface area contributed by atoms with E-state index in [2.05, 4.69) is 10.2 Å². The van der Waals surface area contributed by atoms with Gasteiger partial charge in [-0.3, -0.25) is 4.79 Å². The molecule has 1 saturated heterocycles. The summed E-state index contributed by atoms with van der Waals surface area (Å²) in [7, 11) is 0. The molecule has 0 bridgehead atoms. The summed E-state index contributed by atoms with van der Waals surface area (Å²) in [6.07, 6.45) is -0.282. The van der Waals surface area contributed by atoms with Crippen molar-refractivity contribution in [2.24, 2.45) is 5.73 Å². The summed E-state index contributed by atoms with van der Waals surface area (Å²) in [5.74, 6) is -2.15. The van der Waals surface area contributed by atoms with Crippen molar-refractivity contribution in [2.45, 2.75) is 18.6 Å². The number of hydrogen-bond acceptors (Lipinski definition) is 5. The van der Waals surface area contributed by atoms with Gasteiger partial charge < -0.3 is 15.7 Å². The minimum absolute atomic E-state index is 0.0258. The number of primary amides is 1. The molecule has 23 heavy (non-hydrogen) atoms. The number of anilines is 1. The van der Waals surface area contributed by atoms with Crippen LogP contribution in [0.1, 0.15) is 28.5 Å². The average molecular weight is 320 g/mol. The van der Waals surface area contributed by atoms with E-state index in [0.717, 1.165) is 12.1 Å². The first-order valence-corrected chi connectivity index (χ1v) is 6.99. The van der Waals surface area contributed by atoms with Gasteiger partial charge in [-0.2, -0.15) is 0 Å². The summed E-state index contributed by atoms with van der Waals surface area (Å²) in [6, 6.07) is 6.24. The van der Waals surface area contributed by atoms with Crippen LogP contribution in [0.25, 0.3) is 0 Å². The minimum Gasteiger partial charge on any atom is -0.391 e. The number of carbonyl (C=O) groups excluding carboxylic acids is 1. The van der Waals surface area contributed by atoms with Crippen LogP contribution < -0.4 is 10.6 Å². The summed E-state index contributed by atoms with van der Waals surface area (Å²) in [5.41, 5.74) is 5.67. The van der Waals surface area contributed by atoms with Gasteiger partial charge in [0.15, 0.2) is 23.1 Å². The van der Waals surface area contributed by atoms with Gasteiger partial charge in [-0.1, -0.05) is 6.07 Å². The number of aliphatic hydroxyl groups excluding tert-OH is 1. The first-order chi connectivity index (χ1) is 11.0. The van der Waals surface area contributed by atoms with E-state index < -0.39 is 23.6 Å². The van der Waals surface area contributed by atoms with Gasteiger partial charge in [-0.15, -0.1) is 10.2 Å². The van der Waals surface area contributed by atoms with Crippen molar-refractivity contribution < 1.29 is 18.7 Å². The van der Waals surface area contributed by atoms with Crippen LogP contribution in [0.2, 0.25) is 0 Å². The fourth-order valence-electron chi connectivity index (χ4n) is 2.71. The molecule has 0 spiro atoms. The van der Waals surface area contributed by atoms with Gasteiger partial charge in [0.25, 0.3) is 5.91 Å². The second kappa shape index (κ2) is 5.88. The highest BCUT2D eigenvalue weighted by molar-refractivity contribution is 5.90.